The number of nitrogens with one attached hydrogen (secondary N) is 1. The highest BCUT2D eigenvalue weighted by Crippen LogP contribution is 2.30. The van der Waals surface area contributed by atoms with E-state index in [1.165, 1.54) is 23.1 Å². The van der Waals surface area contributed by atoms with Crippen LogP contribution in [0.5, 0.6) is 0 Å². The molecule has 0 aliphatic rings. The molecule has 0 bridgehead atoms. The Kier molecular flexibility index (Phi) is 5.09. The molecule has 1 heterocycles. The molecule has 2 aromatic rings. The molecule has 3 N–H and O–H groups in total. The van der Waals surface area contributed by atoms with Gasteiger partial charge in [-0.3, -0.25) is 4.79 Å². The quantitative estimate of drug-likeness (QED) is 0.825. The number of nitrogens with zero attached hydrogens (tertiary/aromatic N) is 2. The molecule has 1 atom stereocenters. The second-order valence-electron chi connectivity index (χ2n) is 3.78. The van der Waals surface area contributed by atoms with Gasteiger partial charge in [-0.15, -0.1) is 10.2 Å². The third-order valence-corrected chi connectivity index (χ3v) is 4.76. The van der Waals surface area contributed by atoms with E-state index in [0.29, 0.717) is 25.2 Å². The molecule has 0 aliphatic carbocycles. The van der Waals surface area contributed by atoms with E-state index in [-0.39, 0.29) is 11.2 Å². The molecule has 1 aromatic heterocycles. The van der Waals surface area contributed by atoms with E-state index < -0.39 is 0 Å². The summed E-state index contributed by atoms with van der Waals surface area (Å²) in [7, 11) is 0. The van der Waals surface area contributed by atoms with Crippen LogP contribution in [0.4, 0.5) is 10.8 Å². The normalized spacial score (nSPS) is 12.2. The predicted molar refractivity (Wildman–Crippen MR) is 84.7 cm³/mol. The first kappa shape index (κ1) is 15.4. The van der Waals surface area contributed by atoms with Crippen molar-refractivity contribution in [1.82, 2.24) is 10.2 Å². The molecule has 0 saturated heterocycles. The number of rotatable bonds is 4. The second-order valence-corrected chi connectivity index (χ2v) is 7.22. The van der Waals surface area contributed by atoms with Crippen molar-refractivity contribution in [2.24, 2.45) is 0 Å². The number of anilines is 2. The van der Waals surface area contributed by atoms with Gasteiger partial charge in [0.05, 0.1) is 16.0 Å². The molecule has 106 valence electrons. The first-order valence-corrected chi connectivity index (χ1v) is 7.92. The van der Waals surface area contributed by atoms with Crippen molar-refractivity contribution < 1.29 is 4.79 Å². The zero-order chi connectivity index (χ0) is 14.7. The molecular weight excluding hydrogens is 339 g/mol. The number of halogens is 2. The summed E-state index contributed by atoms with van der Waals surface area (Å²) in [6, 6.07) is 4.88. The fourth-order valence-corrected chi connectivity index (χ4v) is 3.42. The highest BCUT2D eigenvalue weighted by atomic mass is 35.5. The summed E-state index contributed by atoms with van der Waals surface area (Å²) in [6.45, 7) is 1.76. The maximum Gasteiger partial charge on any atom is 0.237 e. The van der Waals surface area contributed by atoms with Crippen molar-refractivity contribution in [2.75, 3.05) is 11.1 Å². The molecule has 20 heavy (non-hydrogen) atoms. The van der Waals surface area contributed by atoms with E-state index in [4.69, 9.17) is 28.9 Å². The molecule has 5 nitrogen and oxygen atoms in total. The Hall–Kier alpha value is -1.02. The number of nitrogens with two attached hydrogens (primary N) is 1. The predicted octanol–water partition coefficient (Wildman–Crippen LogP) is 3.55. The van der Waals surface area contributed by atoms with Crippen molar-refractivity contribution in [2.45, 2.75) is 16.5 Å². The molecule has 2 rings (SSSR count). The Balaban J connectivity index is 2.02. The third kappa shape index (κ3) is 3.99. The maximum atomic E-state index is 12.1. The molecular formula is C11H10Cl2N4OS2. The smallest absolute Gasteiger partial charge is 0.237 e. The Morgan fingerprint density at radius 1 is 1.45 bits per heavy atom. The summed E-state index contributed by atoms with van der Waals surface area (Å²) in [5.41, 5.74) is 5.97. The fourth-order valence-electron chi connectivity index (χ4n) is 1.30. The van der Waals surface area contributed by atoms with E-state index in [1.54, 1.807) is 25.1 Å². The van der Waals surface area contributed by atoms with Crippen LogP contribution in [0, 0.1) is 0 Å². The molecule has 0 fully saturated rings. The summed E-state index contributed by atoms with van der Waals surface area (Å²) < 4.78 is 0.641. The SMILES string of the molecule is C[C@H](Sc1nnc(N)s1)C(=O)Nc1cc(Cl)ccc1Cl. The molecule has 0 aliphatic heterocycles. The second kappa shape index (κ2) is 6.62. The van der Waals surface area contributed by atoms with Gasteiger partial charge >= 0.3 is 0 Å². The minimum atomic E-state index is -0.364. The van der Waals surface area contributed by atoms with Gasteiger partial charge in [0.25, 0.3) is 0 Å². The van der Waals surface area contributed by atoms with Gasteiger partial charge in [-0.1, -0.05) is 46.3 Å². The lowest BCUT2D eigenvalue weighted by Gasteiger charge is -2.11. The monoisotopic (exact) mass is 348 g/mol. The van der Waals surface area contributed by atoms with Crippen LogP contribution in [-0.2, 0) is 4.79 Å². The highest BCUT2D eigenvalue weighted by Gasteiger charge is 2.18. The van der Waals surface area contributed by atoms with Crippen LogP contribution in [0.1, 0.15) is 6.92 Å². The molecule has 9 heteroatoms. The zero-order valence-electron chi connectivity index (χ0n) is 10.3. The summed E-state index contributed by atoms with van der Waals surface area (Å²) in [5.74, 6) is -0.201. The Bertz CT molecular complexity index is 635. The Morgan fingerprint density at radius 3 is 2.85 bits per heavy atom. The fraction of sp³-hybridized carbons (Fsp3) is 0.182. The van der Waals surface area contributed by atoms with Gasteiger partial charge in [0.2, 0.25) is 11.0 Å². The van der Waals surface area contributed by atoms with Crippen LogP contribution in [0.25, 0.3) is 0 Å². The van der Waals surface area contributed by atoms with Crippen LogP contribution >= 0.6 is 46.3 Å². The largest absolute Gasteiger partial charge is 0.374 e. The van der Waals surface area contributed by atoms with Crippen LogP contribution in [-0.4, -0.2) is 21.4 Å². The minimum absolute atomic E-state index is 0.201. The zero-order valence-corrected chi connectivity index (χ0v) is 13.4. The van der Waals surface area contributed by atoms with Gasteiger partial charge in [-0.05, 0) is 25.1 Å². The lowest BCUT2D eigenvalue weighted by Crippen LogP contribution is -2.22. The van der Waals surface area contributed by atoms with E-state index >= 15 is 0 Å². The Morgan fingerprint density at radius 2 is 2.20 bits per heavy atom. The first-order valence-electron chi connectivity index (χ1n) is 5.47. The van der Waals surface area contributed by atoms with E-state index in [9.17, 15) is 4.79 Å². The van der Waals surface area contributed by atoms with Crippen molar-refractivity contribution in [3.05, 3.63) is 28.2 Å². The highest BCUT2D eigenvalue weighted by molar-refractivity contribution is 8.02. The summed E-state index contributed by atoms with van der Waals surface area (Å²) >= 11 is 14.4. The number of hydrogen-bond acceptors (Lipinski definition) is 6. The number of nitrogen functional groups attached to an aromatic ring is 1. The number of benzene rings is 1. The number of thioether (sulfide) groups is 1. The maximum absolute atomic E-state index is 12.1. The van der Waals surface area contributed by atoms with Crippen LogP contribution in [0.2, 0.25) is 10.0 Å². The summed E-state index contributed by atoms with van der Waals surface area (Å²) in [4.78, 5) is 12.1. The van der Waals surface area contributed by atoms with Crippen LogP contribution in [0.15, 0.2) is 22.5 Å². The number of amides is 1. The van der Waals surface area contributed by atoms with Gasteiger partial charge in [-0.2, -0.15) is 0 Å². The summed E-state index contributed by atoms with van der Waals surface area (Å²) in [5, 5.41) is 11.2. The van der Waals surface area contributed by atoms with Crippen molar-refractivity contribution in [3.63, 3.8) is 0 Å². The standard InChI is InChI=1S/C11H10Cl2N4OS2/c1-5(19-11-17-16-10(14)20-11)9(18)15-8-4-6(12)2-3-7(8)13/h2-5H,1H3,(H2,14,16)(H,15,18)/t5-/m0/s1. The molecule has 0 spiro atoms. The molecule has 1 amide bonds. The number of hydrogen-bond donors (Lipinski definition) is 2. The topological polar surface area (TPSA) is 80.9 Å². The number of aromatic nitrogens is 2. The lowest BCUT2D eigenvalue weighted by molar-refractivity contribution is -0.115. The van der Waals surface area contributed by atoms with E-state index in [1.807, 2.05) is 0 Å². The van der Waals surface area contributed by atoms with Gasteiger partial charge in [0.15, 0.2) is 4.34 Å². The van der Waals surface area contributed by atoms with Crippen LogP contribution in [0.3, 0.4) is 0 Å². The third-order valence-electron chi connectivity index (χ3n) is 2.26. The van der Waals surface area contributed by atoms with Crippen LogP contribution < -0.4 is 11.1 Å². The minimum Gasteiger partial charge on any atom is -0.374 e. The van der Waals surface area contributed by atoms with Gasteiger partial charge < -0.3 is 11.1 Å². The summed E-state index contributed by atoms with van der Waals surface area (Å²) in [6.07, 6.45) is 0. The average molecular weight is 349 g/mol. The molecule has 1 aromatic carbocycles. The number of carbonyl (C=O) groups is 1. The van der Waals surface area contributed by atoms with Gasteiger partial charge in [0.1, 0.15) is 0 Å². The molecule has 0 saturated carbocycles. The van der Waals surface area contributed by atoms with E-state index in [0.717, 1.165) is 0 Å². The first-order chi connectivity index (χ1) is 9.45. The molecule has 0 unspecified atom stereocenters. The number of carbonyl (C=O) groups excluding carboxylic acids is 1. The average Bonchev–Trinajstić information content (AvgIpc) is 2.79. The molecule has 0 radical (unpaired) electrons. The van der Waals surface area contributed by atoms with Crippen molar-refractivity contribution >= 4 is 63.0 Å². The lowest BCUT2D eigenvalue weighted by atomic mass is 10.3. The Labute approximate surface area is 133 Å². The van der Waals surface area contributed by atoms with Crippen molar-refractivity contribution in [3.8, 4) is 0 Å². The van der Waals surface area contributed by atoms with Gasteiger partial charge in [-0.25, -0.2) is 0 Å². The van der Waals surface area contributed by atoms with Gasteiger partial charge in [0, 0.05) is 5.02 Å². The van der Waals surface area contributed by atoms with E-state index in [2.05, 4.69) is 15.5 Å². The van der Waals surface area contributed by atoms with Crippen molar-refractivity contribution in [1.29, 1.82) is 0 Å².